The average Bonchev–Trinajstić information content (AvgIpc) is 3.28. The normalized spacial score (nSPS) is 40.3. The summed E-state index contributed by atoms with van der Waals surface area (Å²) < 4.78 is 47.1. The zero-order valence-corrected chi connectivity index (χ0v) is 25.7. The predicted octanol–water partition coefficient (Wildman–Crippen LogP) is 9.24. The summed E-state index contributed by atoms with van der Waals surface area (Å²) in [7, 11) is 0. The van der Waals surface area contributed by atoms with E-state index in [0.717, 1.165) is 38.5 Å². The molecule has 0 unspecified atom stereocenters. The van der Waals surface area contributed by atoms with E-state index in [2.05, 4.69) is 34.6 Å². The fraction of sp³-hybridized carbons (Fsp3) is 0.800. The van der Waals surface area contributed by atoms with Crippen molar-refractivity contribution in [3.05, 3.63) is 35.9 Å². The van der Waals surface area contributed by atoms with Crippen LogP contribution in [0.1, 0.15) is 116 Å². The molecule has 4 aliphatic rings. The lowest BCUT2D eigenvalue weighted by Crippen LogP contribution is -2.59. The van der Waals surface area contributed by atoms with Gasteiger partial charge in [-0.15, -0.1) is 0 Å². The van der Waals surface area contributed by atoms with E-state index in [1.165, 1.54) is 12.8 Å². The zero-order chi connectivity index (χ0) is 29.8. The number of ether oxygens (including phenoxy) is 1. The van der Waals surface area contributed by atoms with Gasteiger partial charge >= 0.3 is 12.1 Å². The minimum absolute atomic E-state index is 0.0452. The number of carbonyl (C=O) groups is 1. The van der Waals surface area contributed by atoms with Gasteiger partial charge in [-0.1, -0.05) is 52.8 Å². The Bertz CT molecular complexity index is 1070. The lowest BCUT2D eigenvalue weighted by molar-refractivity contribution is -0.290. The number of esters is 1. The highest BCUT2D eigenvalue weighted by atomic mass is 19.4. The summed E-state index contributed by atoms with van der Waals surface area (Å²) in [4.78, 5) is 12.8. The van der Waals surface area contributed by atoms with Gasteiger partial charge in [-0.05, 0) is 135 Å². The van der Waals surface area contributed by atoms with Crippen LogP contribution in [0.2, 0.25) is 0 Å². The average molecular weight is 577 g/mol. The Balaban J connectivity index is 1.23. The summed E-state index contributed by atoms with van der Waals surface area (Å²) in [6.07, 6.45) is 3.95. The molecule has 4 fully saturated rings. The standard InChI is InChI=1S/C35H51F3O3/c1-22(2)30(41-31(39)24-9-7-6-8-10-24)16-11-23(3)27-14-15-28-26-13-12-25-21-34(40,35(36,37)38)20-19-32(25,4)29(26)17-18-33(27,28)5/h6-10,22-23,25-30,40H,11-21H2,1-5H3/t23-,25-,26-,27-,28-,29-,30-,32-,33+,34-/m0/s1. The van der Waals surface area contributed by atoms with Crippen molar-refractivity contribution in [2.24, 2.45) is 52.3 Å². The molecule has 1 N–H and O–H groups in total. The highest BCUT2D eigenvalue weighted by Gasteiger charge is 2.65. The van der Waals surface area contributed by atoms with Gasteiger partial charge in [0, 0.05) is 0 Å². The molecule has 230 valence electrons. The molecule has 0 bridgehead atoms. The molecule has 0 aliphatic heterocycles. The quantitative estimate of drug-likeness (QED) is 0.329. The first-order valence-corrected chi connectivity index (χ1v) is 16.2. The summed E-state index contributed by atoms with van der Waals surface area (Å²) in [6, 6.07) is 9.22. The van der Waals surface area contributed by atoms with Crippen LogP contribution in [0.15, 0.2) is 30.3 Å². The van der Waals surface area contributed by atoms with E-state index >= 15 is 0 Å². The fourth-order valence-electron chi connectivity index (χ4n) is 10.4. The van der Waals surface area contributed by atoms with Crippen LogP contribution in [0, 0.1) is 52.3 Å². The van der Waals surface area contributed by atoms with Crippen LogP contribution in [-0.4, -0.2) is 29.0 Å². The summed E-state index contributed by atoms with van der Waals surface area (Å²) in [6.45, 7) is 11.4. The molecule has 1 aromatic carbocycles. The lowest BCUT2D eigenvalue weighted by Gasteiger charge is -2.62. The van der Waals surface area contributed by atoms with E-state index in [0.29, 0.717) is 41.6 Å². The number of aliphatic hydroxyl groups is 1. The number of rotatable bonds is 7. The Kier molecular flexibility index (Phi) is 8.42. The van der Waals surface area contributed by atoms with Gasteiger partial charge in [-0.3, -0.25) is 0 Å². The van der Waals surface area contributed by atoms with Gasteiger partial charge in [0.1, 0.15) is 6.10 Å². The molecular formula is C35H51F3O3. The Labute approximate surface area is 245 Å². The molecule has 3 nitrogen and oxygen atoms in total. The van der Waals surface area contributed by atoms with Gasteiger partial charge in [0.2, 0.25) is 0 Å². The topological polar surface area (TPSA) is 46.5 Å². The number of fused-ring (bicyclic) bond motifs is 5. The second kappa shape index (κ2) is 11.2. The van der Waals surface area contributed by atoms with Gasteiger partial charge in [0.05, 0.1) is 5.56 Å². The Morgan fingerprint density at radius 1 is 0.927 bits per heavy atom. The minimum Gasteiger partial charge on any atom is -0.459 e. The first-order chi connectivity index (χ1) is 19.2. The van der Waals surface area contributed by atoms with E-state index < -0.39 is 11.8 Å². The van der Waals surface area contributed by atoms with Gasteiger partial charge in [0.25, 0.3) is 0 Å². The highest BCUT2D eigenvalue weighted by Crippen LogP contribution is 2.69. The Morgan fingerprint density at radius 3 is 2.27 bits per heavy atom. The van der Waals surface area contributed by atoms with Gasteiger partial charge in [-0.2, -0.15) is 13.2 Å². The van der Waals surface area contributed by atoms with Crippen molar-refractivity contribution in [2.75, 3.05) is 0 Å². The van der Waals surface area contributed by atoms with Crippen LogP contribution in [0.5, 0.6) is 0 Å². The molecule has 0 heterocycles. The van der Waals surface area contributed by atoms with Crippen molar-refractivity contribution in [1.82, 2.24) is 0 Å². The second-order valence-electron chi connectivity index (χ2n) is 15.2. The van der Waals surface area contributed by atoms with Crippen LogP contribution < -0.4 is 0 Å². The van der Waals surface area contributed by atoms with E-state index in [1.54, 1.807) is 12.1 Å². The van der Waals surface area contributed by atoms with Crippen LogP contribution in [-0.2, 0) is 4.74 Å². The van der Waals surface area contributed by atoms with Gasteiger partial charge < -0.3 is 9.84 Å². The van der Waals surface area contributed by atoms with E-state index in [-0.39, 0.29) is 47.6 Å². The van der Waals surface area contributed by atoms with E-state index in [9.17, 15) is 23.1 Å². The Morgan fingerprint density at radius 2 is 1.61 bits per heavy atom. The largest absolute Gasteiger partial charge is 0.459 e. The van der Waals surface area contributed by atoms with Gasteiger partial charge in [0.15, 0.2) is 5.60 Å². The van der Waals surface area contributed by atoms with E-state index in [4.69, 9.17) is 4.74 Å². The number of hydrogen-bond donors (Lipinski definition) is 1. The molecule has 0 amide bonds. The second-order valence-corrected chi connectivity index (χ2v) is 15.2. The number of benzene rings is 1. The summed E-state index contributed by atoms with van der Waals surface area (Å²) in [5, 5.41) is 10.5. The molecule has 10 atom stereocenters. The van der Waals surface area contributed by atoms with Gasteiger partial charge in [-0.25, -0.2) is 4.79 Å². The fourth-order valence-corrected chi connectivity index (χ4v) is 10.4. The van der Waals surface area contributed by atoms with Crippen molar-refractivity contribution in [1.29, 1.82) is 0 Å². The van der Waals surface area contributed by atoms with Crippen LogP contribution >= 0.6 is 0 Å². The molecule has 0 aromatic heterocycles. The first kappa shape index (κ1) is 30.9. The maximum atomic E-state index is 13.7. The molecule has 0 saturated heterocycles. The molecule has 6 heteroatoms. The van der Waals surface area contributed by atoms with Crippen molar-refractivity contribution >= 4 is 5.97 Å². The van der Waals surface area contributed by atoms with Crippen LogP contribution in [0.25, 0.3) is 0 Å². The van der Waals surface area contributed by atoms with Crippen molar-refractivity contribution in [2.45, 2.75) is 123 Å². The maximum absolute atomic E-state index is 13.7. The summed E-state index contributed by atoms with van der Waals surface area (Å²) in [5.41, 5.74) is -1.75. The molecular weight excluding hydrogens is 525 g/mol. The third-order valence-corrected chi connectivity index (χ3v) is 12.9. The number of hydrogen-bond acceptors (Lipinski definition) is 3. The molecule has 0 spiro atoms. The molecule has 4 saturated carbocycles. The lowest BCUT2D eigenvalue weighted by atomic mass is 9.43. The highest BCUT2D eigenvalue weighted by molar-refractivity contribution is 5.89. The number of halogens is 3. The molecule has 5 rings (SSSR count). The predicted molar refractivity (Wildman–Crippen MR) is 155 cm³/mol. The van der Waals surface area contributed by atoms with Crippen LogP contribution in [0.3, 0.4) is 0 Å². The van der Waals surface area contributed by atoms with Crippen LogP contribution in [0.4, 0.5) is 13.2 Å². The SMILES string of the molecule is CC(C)[C@H](CC[C@H](C)[C@@H]1CC[C@H]2[C@@H]3CC[C@H]4C[C@](O)(C(F)(F)F)CC[C@]4(C)[C@H]3CC[C@@]21C)OC(=O)c1ccccc1. The molecule has 4 aliphatic carbocycles. The Hall–Kier alpha value is -1.56. The number of alkyl halides is 3. The molecule has 41 heavy (non-hydrogen) atoms. The maximum Gasteiger partial charge on any atom is 0.417 e. The molecule has 0 radical (unpaired) electrons. The van der Waals surface area contributed by atoms with Crippen molar-refractivity contribution < 1.29 is 27.8 Å². The smallest absolute Gasteiger partial charge is 0.417 e. The first-order valence-electron chi connectivity index (χ1n) is 16.2. The minimum atomic E-state index is -4.54. The van der Waals surface area contributed by atoms with Crippen molar-refractivity contribution in [3.8, 4) is 0 Å². The number of carbonyl (C=O) groups excluding carboxylic acids is 1. The summed E-state index contributed by atoms with van der Waals surface area (Å²) >= 11 is 0. The zero-order valence-electron chi connectivity index (χ0n) is 25.7. The third-order valence-electron chi connectivity index (χ3n) is 12.9. The molecule has 1 aromatic rings. The summed E-state index contributed by atoms with van der Waals surface area (Å²) in [5.74, 6) is 2.79. The third kappa shape index (κ3) is 5.49. The monoisotopic (exact) mass is 576 g/mol. The van der Waals surface area contributed by atoms with E-state index in [1.807, 2.05) is 18.2 Å². The van der Waals surface area contributed by atoms with Crippen molar-refractivity contribution in [3.63, 3.8) is 0 Å².